The molecular weight excluding hydrogens is 377 g/mol. The lowest BCUT2D eigenvalue weighted by Crippen LogP contribution is -2.30. The number of carbonyl (C=O) groups is 3. The van der Waals surface area contributed by atoms with Crippen molar-refractivity contribution < 1.29 is 32.3 Å². The SMILES string of the molecule is CC(=O)Nc1ccc(C(=O)O[C@@H](C)C(=O)Nc2cccc(C(F)(F)F)c2)cc1. The number of hydrogen-bond acceptors (Lipinski definition) is 4. The van der Waals surface area contributed by atoms with E-state index in [-0.39, 0.29) is 17.2 Å². The van der Waals surface area contributed by atoms with Crippen LogP contribution in [0.1, 0.15) is 29.8 Å². The van der Waals surface area contributed by atoms with Gasteiger partial charge in [-0.15, -0.1) is 0 Å². The van der Waals surface area contributed by atoms with E-state index in [1.54, 1.807) is 0 Å². The van der Waals surface area contributed by atoms with Crippen molar-refractivity contribution in [2.45, 2.75) is 26.1 Å². The van der Waals surface area contributed by atoms with Gasteiger partial charge in [-0.05, 0) is 49.4 Å². The van der Waals surface area contributed by atoms with Crippen molar-refractivity contribution in [2.75, 3.05) is 10.6 Å². The van der Waals surface area contributed by atoms with Crippen LogP contribution in [0.15, 0.2) is 48.5 Å². The second-order valence-corrected chi connectivity index (χ2v) is 5.87. The highest BCUT2D eigenvalue weighted by Gasteiger charge is 2.30. The number of ether oxygens (including phenoxy) is 1. The highest BCUT2D eigenvalue weighted by molar-refractivity contribution is 5.97. The lowest BCUT2D eigenvalue weighted by Gasteiger charge is -2.15. The molecule has 2 rings (SSSR count). The number of alkyl halides is 3. The molecule has 1 atom stereocenters. The maximum Gasteiger partial charge on any atom is 0.416 e. The highest BCUT2D eigenvalue weighted by atomic mass is 19.4. The van der Waals surface area contributed by atoms with Crippen LogP contribution in [0, 0.1) is 0 Å². The summed E-state index contributed by atoms with van der Waals surface area (Å²) in [6, 6.07) is 9.91. The van der Waals surface area contributed by atoms with E-state index < -0.39 is 29.7 Å². The minimum atomic E-state index is -4.54. The summed E-state index contributed by atoms with van der Waals surface area (Å²) in [5.41, 5.74) is -0.344. The average Bonchev–Trinajstić information content (AvgIpc) is 2.61. The van der Waals surface area contributed by atoms with E-state index in [0.717, 1.165) is 18.2 Å². The molecular formula is C19H17F3N2O4. The smallest absolute Gasteiger partial charge is 0.416 e. The van der Waals surface area contributed by atoms with E-state index in [0.29, 0.717) is 5.69 Å². The van der Waals surface area contributed by atoms with Gasteiger partial charge in [0.2, 0.25) is 5.91 Å². The van der Waals surface area contributed by atoms with Gasteiger partial charge in [-0.25, -0.2) is 4.79 Å². The summed E-state index contributed by atoms with van der Waals surface area (Å²) in [7, 11) is 0. The number of amides is 2. The Morgan fingerprint density at radius 1 is 0.964 bits per heavy atom. The highest BCUT2D eigenvalue weighted by Crippen LogP contribution is 2.30. The van der Waals surface area contributed by atoms with Crippen molar-refractivity contribution in [3.63, 3.8) is 0 Å². The average molecular weight is 394 g/mol. The van der Waals surface area contributed by atoms with Gasteiger partial charge in [-0.3, -0.25) is 9.59 Å². The fourth-order valence-electron chi connectivity index (χ4n) is 2.19. The first-order chi connectivity index (χ1) is 13.1. The molecule has 0 aliphatic carbocycles. The zero-order valence-corrected chi connectivity index (χ0v) is 15.0. The Labute approximate surface area is 158 Å². The normalized spacial score (nSPS) is 12.0. The molecule has 0 spiro atoms. The van der Waals surface area contributed by atoms with Gasteiger partial charge in [0.15, 0.2) is 6.10 Å². The number of hydrogen-bond donors (Lipinski definition) is 2. The second-order valence-electron chi connectivity index (χ2n) is 5.87. The van der Waals surface area contributed by atoms with Crippen LogP contribution in [0.2, 0.25) is 0 Å². The van der Waals surface area contributed by atoms with Gasteiger partial charge in [0.1, 0.15) is 0 Å². The van der Waals surface area contributed by atoms with Crippen LogP contribution >= 0.6 is 0 Å². The third-order valence-corrected chi connectivity index (χ3v) is 3.55. The molecule has 0 aliphatic rings. The van der Waals surface area contributed by atoms with Gasteiger partial charge < -0.3 is 15.4 Å². The molecule has 0 saturated carbocycles. The molecule has 0 fully saturated rings. The number of anilines is 2. The van der Waals surface area contributed by atoms with E-state index in [1.807, 2.05) is 0 Å². The zero-order valence-electron chi connectivity index (χ0n) is 15.0. The monoisotopic (exact) mass is 394 g/mol. The van der Waals surface area contributed by atoms with Crippen molar-refractivity contribution in [1.82, 2.24) is 0 Å². The van der Waals surface area contributed by atoms with Crippen LogP contribution < -0.4 is 10.6 Å². The van der Waals surface area contributed by atoms with Gasteiger partial charge in [-0.1, -0.05) is 6.07 Å². The van der Waals surface area contributed by atoms with Gasteiger partial charge in [0, 0.05) is 18.3 Å². The molecule has 2 aromatic carbocycles. The summed E-state index contributed by atoms with van der Waals surface area (Å²) in [5, 5.41) is 4.82. The van der Waals surface area contributed by atoms with E-state index in [1.165, 1.54) is 44.2 Å². The molecule has 2 aromatic rings. The minimum absolute atomic E-state index is 0.0672. The Balaban J connectivity index is 1.98. The van der Waals surface area contributed by atoms with Crippen LogP contribution in [0.25, 0.3) is 0 Å². The van der Waals surface area contributed by atoms with E-state index >= 15 is 0 Å². The Bertz CT molecular complexity index is 879. The van der Waals surface area contributed by atoms with Crippen LogP contribution in [-0.4, -0.2) is 23.9 Å². The molecule has 9 heteroatoms. The molecule has 148 valence electrons. The minimum Gasteiger partial charge on any atom is -0.449 e. The summed E-state index contributed by atoms with van der Waals surface area (Å²) in [6.07, 6.45) is -5.78. The Hall–Kier alpha value is -3.36. The lowest BCUT2D eigenvalue weighted by molar-refractivity contribution is -0.137. The number of nitrogens with one attached hydrogen (secondary N) is 2. The fraction of sp³-hybridized carbons (Fsp3) is 0.211. The van der Waals surface area contributed by atoms with Crippen LogP contribution in [0.3, 0.4) is 0 Å². The van der Waals surface area contributed by atoms with E-state index in [4.69, 9.17) is 4.74 Å². The summed E-state index contributed by atoms with van der Waals surface area (Å²) in [4.78, 5) is 35.2. The number of benzene rings is 2. The molecule has 0 unspecified atom stereocenters. The number of esters is 1. The molecule has 0 saturated heterocycles. The Morgan fingerprint density at radius 3 is 2.18 bits per heavy atom. The maximum atomic E-state index is 12.7. The molecule has 2 N–H and O–H groups in total. The summed E-state index contributed by atoms with van der Waals surface area (Å²) >= 11 is 0. The van der Waals surface area contributed by atoms with Crippen molar-refractivity contribution in [3.8, 4) is 0 Å². The summed E-state index contributed by atoms with van der Waals surface area (Å²) in [6.45, 7) is 2.64. The van der Waals surface area contributed by atoms with Crippen LogP contribution in [-0.2, 0) is 20.5 Å². The maximum absolute atomic E-state index is 12.7. The number of carbonyl (C=O) groups excluding carboxylic acids is 3. The fourth-order valence-corrected chi connectivity index (χ4v) is 2.19. The first kappa shape index (κ1) is 20.9. The Kier molecular flexibility index (Phi) is 6.40. The summed E-state index contributed by atoms with van der Waals surface area (Å²) < 4.78 is 43.2. The zero-order chi connectivity index (χ0) is 20.9. The van der Waals surface area contributed by atoms with E-state index in [9.17, 15) is 27.6 Å². The first-order valence-electron chi connectivity index (χ1n) is 8.13. The van der Waals surface area contributed by atoms with Crippen molar-refractivity contribution in [3.05, 3.63) is 59.7 Å². The predicted molar refractivity (Wildman–Crippen MR) is 95.7 cm³/mol. The van der Waals surface area contributed by atoms with Gasteiger partial charge in [0.05, 0.1) is 11.1 Å². The quantitative estimate of drug-likeness (QED) is 0.755. The second kappa shape index (κ2) is 8.55. The van der Waals surface area contributed by atoms with Crippen molar-refractivity contribution in [1.29, 1.82) is 0 Å². The van der Waals surface area contributed by atoms with Gasteiger partial charge in [0.25, 0.3) is 5.91 Å². The van der Waals surface area contributed by atoms with Crippen molar-refractivity contribution in [2.24, 2.45) is 0 Å². The number of rotatable bonds is 5. The molecule has 0 heterocycles. The molecule has 2 amide bonds. The van der Waals surface area contributed by atoms with Gasteiger partial charge in [-0.2, -0.15) is 13.2 Å². The first-order valence-corrected chi connectivity index (χ1v) is 8.13. The van der Waals surface area contributed by atoms with Gasteiger partial charge >= 0.3 is 12.1 Å². The standard InChI is InChI=1S/C19H17F3N2O4/c1-11(17(26)24-16-5-3-4-14(10-16)19(20,21)22)28-18(27)13-6-8-15(9-7-13)23-12(2)25/h3-11H,1-2H3,(H,23,25)(H,24,26)/t11-/m0/s1. The molecule has 6 nitrogen and oxygen atoms in total. The molecule has 0 aliphatic heterocycles. The third-order valence-electron chi connectivity index (χ3n) is 3.55. The lowest BCUT2D eigenvalue weighted by atomic mass is 10.2. The van der Waals surface area contributed by atoms with Crippen LogP contribution in [0.5, 0.6) is 0 Å². The molecule has 28 heavy (non-hydrogen) atoms. The molecule has 0 bridgehead atoms. The molecule has 0 aromatic heterocycles. The summed E-state index contributed by atoms with van der Waals surface area (Å²) in [5.74, 6) is -1.83. The third kappa shape index (κ3) is 5.83. The topological polar surface area (TPSA) is 84.5 Å². The Morgan fingerprint density at radius 2 is 1.61 bits per heavy atom. The van der Waals surface area contributed by atoms with Crippen molar-refractivity contribution >= 4 is 29.2 Å². The predicted octanol–water partition coefficient (Wildman–Crippen LogP) is 3.85. The number of halogens is 3. The van der Waals surface area contributed by atoms with E-state index in [2.05, 4.69) is 10.6 Å². The largest absolute Gasteiger partial charge is 0.449 e. The van der Waals surface area contributed by atoms with Crippen LogP contribution in [0.4, 0.5) is 24.5 Å². The molecule has 0 radical (unpaired) electrons.